The number of nitrogens with zero attached hydrogens (tertiary/aromatic N) is 4. The molecule has 0 bridgehead atoms. The van der Waals surface area contributed by atoms with Gasteiger partial charge in [0.1, 0.15) is 5.69 Å². The number of hydrogen-bond donors (Lipinski definition) is 1. The molecule has 8 heteroatoms. The Morgan fingerprint density at radius 1 is 1.17 bits per heavy atom. The van der Waals surface area contributed by atoms with E-state index in [0.717, 1.165) is 26.2 Å². The molecule has 1 aromatic carbocycles. The SMILES string of the molecule is CN1CCN(c2nccc(C(=O)Nc3cccc(Cl)c3Cl)n2)CC1. The molecule has 1 saturated heterocycles. The molecule has 1 aliphatic heterocycles. The van der Waals surface area contributed by atoms with Crippen LogP contribution in [0.2, 0.25) is 10.0 Å². The van der Waals surface area contributed by atoms with Crippen molar-refractivity contribution in [1.82, 2.24) is 14.9 Å². The van der Waals surface area contributed by atoms with Gasteiger partial charge in [0.25, 0.3) is 5.91 Å². The summed E-state index contributed by atoms with van der Waals surface area (Å²) < 4.78 is 0. The largest absolute Gasteiger partial charge is 0.338 e. The molecule has 2 heterocycles. The minimum absolute atomic E-state index is 0.287. The number of benzene rings is 1. The molecule has 6 nitrogen and oxygen atoms in total. The number of carbonyl (C=O) groups is 1. The summed E-state index contributed by atoms with van der Waals surface area (Å²) in [5.41, 5.74) is 0.740. The van der Waals surface area contributed by atoms with Crippen LogP contribution < -0.4 is 10.2 Å². The Morgan fingerprint density at radius 3 is 2.67 bits per heavy atom. The number of halogens is 2. The van der Waals surface area contributed by atoms with Crippen LogP contribution in [0.25, 0.3) is 0 Å². The van der Waals surface area contributed by atoms with E-state index in [2.05, 4.69) is 32.1 Å². The Balaban J connectivity index is 1.76. The molecule has 1 amide bonds. The number of rotatable bonds is 3. The fourth-order valence-electron chi connectivity index (χ4n) is 2.42. The highest BCUT2D eigenvalue weighted by molar-refractivity contribution is 6.44. The van der Waals surface area contributed by atoms with Gasteiger partial charge in [-0.15, -0.1) is 0 Å². The first-order valence-corrected chi connectivity index (χ1v) is 8.32. The van der Waals surface area contributed by atoms with E-state index in [1.165, 1.54) is 0 Å². The minimum Gasteiger partial charge on any atom is -0.338 e. The first kappa shape index (κ1) is 17.0. The summed E-state index contributed by atoms with van der Waals surface area (Å²) in [7, 11) is 2.08. The van der Waals surface area contributed by atoms with Crippen molar-refractivity contribution in [3.8, 4) is 0 Å². The molecule has 0 aliphatic carbocycles. The van der Waals surface area contributed by atoms with Crippen LogP contribution in [0, 0.1) is 0 Å². The van der Waals surface area contributed by atoms with Gasteiger partial charge in [-0.2, -0.15) is 0 Å². The maximum Gasteiger partial charge on any atom is 0.274 e. The molecular weight excluding hydrogens is 349 g/mol. The van der Waals surface area contributed by atoms with E-state index in [1.54, 1.807) is 30.5 Å². The Bertz CT molecular complexity index is 747. The normalized spacial score (nSPS) is 15.4. The Morgan fingerprint density at radius 2 is 1.92 bits per heavy atom. The summed E-state index contributed by atoms with van der Waals surface area (Å²) in [5.74, 6) is 0.213. The molecule has 2 aromatic rings. The minimum atomic E-state index is -0.350. The first-order chi connectivity index (χ1) is 11.5. The molecule has 1 aliphatic rings. The second-order valence-corrected chi connectivity index (χ2v) is 6.37. The standard InChI is InChI=1S/C16H17Cl2N5O/c1-22-7-9-23(10-8-22)16-19-6-5-13(21-16)15(24)20-12-4-2-3-11(17)14(12)18/h2-6H,7-10H2,1H3,(H,20,24). The lowest BCUT2D eigenvalue weighted by Crippen LogP contribution is -2.45. The third kappa shape index (κ3) is 3.77. The summed E-state index contributed by atoms with van der Waals surface area (Å²) in [6.07, 6.45) is 1.59. The molecule has 1 aromatic heterocycles. The van der Waals surface area contributed by atoms with Gasteiger partial charge in [0.2, 0.25) is 5.95 Å². The second kappa shape index (κ2) is 7.34. The van der Waals surface area contributed by atoms with Crippen molar-refractivity contribution in [2.75, 3.05) is 43.4 Å². The summed E-state index contributed by atoms with van der Waals surface area (Å²) in [6, 6.07) is 6.65. The van der Waals surface area contributed by atoms with Gasteiger partial charge in [-0.1, -0.05) is 29.3 Å². The lowest BCUT2D eigenvalue weighted by Gasteiger charge is -2.32. The Hall–Kier alpha value is -1.89. The zero-order chi connectivity index (χ0) is 17.1. The van der Waals surface area contributed by atoms with Gasteiger partial charge >= 0.3 is 0 Å². The van der Waals surface area contributed by atoms with Gasteiger partial charge in [0.05, 0.1) is 15.7 Å². The number of piperazine rings is 1. The Labute approximate surface area is 150 Å². The van der Waals surface area contributed by atoms with Gasteiger partial charge in [0.15, 0.2) is 0 Å². The highest BCUT2D eigenvalue weighted by Crippen LogP contribution is 2.29. The number of carbonyl (C=O) groups excluding carboxylic acids is 1. The van der Waals surface area contributed by atoms with E-state index < -0.39 is 0 Å². The average molecular weight is 366 g/mol. The fourth-order valence-corrected chi connectivity index (χ4v) is 2.77. The van der Waals surface area contributed by atoms with Gasteiger partial charge in [-0.05, 0) is 25.2 Å². The van der Waals surface area contributed by atoms with Gasteiger partial charge in [-0.3, -0.25) is 4.79 Å². The molecule has 0 spiro atoms. The van der Waals surface area contributed by atoms with Crippen molar-refractivity contribution in [2.45, 2.75) is 0 Å². The van der Waals surface area contributed by atoms with E-state index in [0.29, 0.717) is 21.7 Å². The average Bonchev–Trinajstić information content (AvgIpc) is 2.60. The van der Waals surface area contributed by atoms with Crippen molar-refractivity contribution in [3.63, 3.8) is 0 Å². The van der Waals surface area contributed by atoms with Crippen LogP contribution in [0.5, 0.6) is 0 Å². The van der Waals surface area contributed by atoms with Crippen LogP contribution in [0.1, 0.15) is 10.5 Å². The third-order valence-corrected chi connectivity index (χ3v) is 4.68. The number of aromatic nitrogens is 2. The lowest BCUT2D eigenvalue weighted by atomic mass is 10.3. The molecule has 126 valence electrons. The molecule has 24 heavy (non-hydrogen) atoms. The lowest BCUT2D eigenvalue weighted by molar-refractivity contribution is 0.102. The van der Waals surface area contributed by atoms with Crippen LogP contribution in [0.3, 0.4) is 0 Å². The first-order valence-electron chi connectivity index (χ1n) is 7.56. The van der Waals surface area contributed by atoms with Crippen LogP contribution in [0.4, 0.5) is 11.6 Å². The number of amides is 1. The van der Waals surface area contributed by atoms with Gasteiger partial charge in [0, 0.05) is 32.4 Å². The van der Waals surface area contributed by atoms with E-state index >= 15 is 0 Å². The summed E-state index contributed by atoms with van der Waals surface area (Å²) in [5, 5.41) is 3.42. The second-order valence-electron chi connectivity index (χ2n) is 5.59. The highest BCUT2D eigenvalue weighted by Gasteiger charge is 2.18. The maximum absolute atomic E-state index is 12.4. The predicted molar refractivity (Wildman–Crippen MR) is 96.2 cm³/mol. The van der Waals surface area contributed by atoms with Gasteiger partial charge in [-0.25, -0.2) is 9.97 Å². The van der Waals surface area contributed by atoms with Gasteiger partial charge < -0.3 is 15.1 Å². The summed E-state index contributed by atoms with van der Waals surface area (Å²) >= 11 is 12.1. The predicted octanol–water partition coefficient (Wildman–Crippen LogP) is 2.79. The van der Waals surface area contributed by atoms with E-state index in [4.69, 9.17) is 23.2 Å². The van der Waals surface area contributed by atoms with Crippen molar-refractivity contribution >= 4 is 40.7 Å². The third-order valence-electron chi connectivity index (χ3n) is 3.86. The molecule has 1 N–H and O–H groups in total. The summed E-state index contributed by atoms with van der Waals surface area (Å²) in [6.45, 7) is 3.55. The molecule has 0 unspecified atom stereocenters. The van der Waals surface area contributed by atoms with E-state index in [-0.39, 0.29) is 11.6 Å². The van der Waals surface area contributed by atoms with E-state index in [9.17, 15) is 4.79 Å². The number of anilines is 2. The zero-order valence-electron chi connectivity index (χ0n) is 13.2. The monoisotopic (exact) mass is 365 g/mol. The van der Waals surface area contributed by atoms with Crippen LogP contribution in [-0.2, 0) is 0 Å². The van der Waals surface area contributed by atoms with Crippen LogP contribution in [0.15, 0.2) is 30.5 Å². The molecular formula is C16H17Cl2N5O. The Kier molecular flexibility index (Phi) is 5.18. The van der Waals surface area contributed by atoms with Crippen LogP contribution >= 0.6 is 23.2 Å². The highest BCUT2D eigenvalue weighted by atomic mass is 35.5. The van der Waals surface area contributed by atoms with Crippen molar-refractivity contribution in [2.24, 2.45) is 0 Å². The number of hydrogen-bond acceptors (Lipinski definition) is 5. The fraction of sp³-hybridized carbons (Fsp3) is 0.312. The van der Waals surface area contributed by atoms with Crippen molar-refractivity contribution in [1.29, 1.82) is 0 Å². The van der Waals surface area contributed by atoms with Crippen molar-refractivity contribution in [3.05, 3.63) is 46.2 Å². The molecule has 0 atom stereocenters. The number of nitrogens with one attached hydrogen (secondary N) is 1. The molecule has 3 rings (SSSR count). The molecule has 0 radical (unpaired) electrons. The maximum atomic E-state index is 12.4. The van der Waals surface area contributed by atoms with E-state index in [1.807, 2.05) is 0 Å². The van der Waals surface area contributed by atoms with Crippen LogP contribution in [-0.4, -0.2) is 54.0 Å². The zero-order valence-corrected chi connectivity index (χ0v) is 14.7. The summed E-state index contributed by atoms with van der Waals surface area (Å²) in [4.78, 5) is 25.4. The molecule has 1 fully saturated rings. The van der Waals surface area contributed by atoms with Crippen molar-refractivity contribution < 1.29 is 4.79 Å². The quantitative estimate of drug-likeness (QED) is 0.905. The smallest absolute Gasteiger partial charge is 0.274 e. The topological polar surface area (TPSA) is 61.4 Å². The molecule has 0 saturated carbocycles. The number of likely N-dealkylation sites (N-methyl/N-ethyl adjacent to an activating group) is 1.